The van der Waals surface area contributed by atoms with E-state index in [-0.39, 0.29) is 0 Å². The first-order valence-electron chi connectivity index (χ1n) is 7.85. The molecule has 1 atom stereocenters. The quantitative estimate of drug-likeness (QED) is 0.864. The van der Waals surface area contributed by atoms with Crippen LogP contribution in [0.25, 0.3) is 0 Å². The van der Waals surface area contributed by atoms with E-state index in [0.717, 1.165) is 45.0 Å². The molecule has 0 bridgehead atoms. The molecule has 1 N–H and O–H groups in total. The van der Waals surface area contributed by atoms with Crippen LogP contribution in [0.3, 0.4) is 0 Å². The SMILES string of the molecule is CCCNc1cccc(CN2CCN(C)C(CC)C2)n1. The van der Waals surface area contributed by atoms with Crippen LogP contribution in [0, 0.1) is 0 Å². The number of nitrogens with one attached hydrogen (secondary N) is 1. The van der Waals surface area contributed by atoms with Gasteiger partial charge in [0.25, 0.3) is 0 Å². The minimum Gasteiger partial charge on any atom is -0.370 e. The highest BCUT2D eigenvalue weighted by Gasteiger charge is 2.22. The van der Waals surface area contributed by atoms with E-state index in [0.29, 0.717) is 6.04 Å². The molecule has 4 heteroatoms. The summed E-state index contributed by atoms with van der Waals surface area (Å²) in [6.45, 7) is 9.86. The maximum Gasteiger partial charge on any atom is 0.126 e. The third kappa shape index (κ3) is 4.18. The van der Waals surface area contributed by atoms with Crippen molar-refractivity contribution in [3.8, 4) is 0 Å². The fourth-order valence-electron chi connectivity index (χ4n) is 2.74. The van der Waals surface area contributed by atoms with Crippen molar-refractivity contribution in [2.75, 3.05) is 38.5 Å². The smallest absolute Gasteiger partial charge is 0.126 e. The van der Waals surface area contributed by atoms with Gasteiger partial charge in [-0.2, -0.15) is 0 Å². The van der Waals surface area contributed by atoms with E-state index in [1.807, 2.05) is 0 Å². The number of aromatic nitrogens is 1. The summed E-state index contributed by atoms with van der Waals surface area (Å²) in [6.07, 6.45) is 2.35. The molecular weight excluding hydrogens is 248 g/mol. The standard InChI is InChI=1S/C16H28N4/c1-4-9-17-16-8-6-7-14(18-16)12-20-11-10-19(3)15(5-2)13-20/h6-8,15H,4-5,9-13H2,1-3H3,(H,17,18). The van der Waals surface area contributed by atoms with Crippen LogP contribution in [-0.2, 0) is 6.54 Å². The lowest BCUT2D eigenvalue weighted by atomic mass is 10.1. The Kier molecular flexibility index (Phi) is 5.80. The van der Waals surface area contributed by atoms with Crippen molar-refractivity contribution in [3.63, 3.8) is 0 Å². The highest BCUT2D eigenvalue weighted by atomic mass is 15.3. The van der Waals surface area contributed by atoms with E-state index < -0.39 is 0 Å². The van der Waals surface area contributed by atoms with Crippen LogP contribution in [-0.4, -0.2) is 54.1 Å². The number of nitrogens with zero attached hydrogens (tertiary/aromatic N) is 3. The summed E-state index contributed by atoms with van der Waals surface area (Å²) in [5, 5.41) is 3.36. The van der Waals surface area contributed by atoms with Crippen molar-refractivity contribution in [2.24, 2.45) is 0 Å². The molecule has 1 aromatic rings. The molecule has 2 rings (SSSR count). The number of rotatable bonds is 6. The molecule has 0 aliphatic carbocycles. The molecule has 20 heavy (non-hydrogen) atoms. The summed E-state index contributed by atoms with van der Waals surface area (Å²) in [6, 6.07) is 6.98. The molecule has 0 spiro atoms. The van der Waals surface area contributed by atoms with Gasteiger partial charge in [0.15, 0.2) is 0 Å². The lowest BCUT2D eigenvalue weighted by molar-refractivity contribution is 0.0875. The van der Waals surface area contributed by atoms with Gasteiger partial charge in [0.05, 0.1) is 5.69 Å². The average molecular weight is 276 g/mol. The van der Waals surface area contributed by atoms with Gasteiger partial charge in [0.1, 0.15) is 5.82 Å². The first kappa shape index (κ1) is 15.3. The Morgan fingerprint density at radius 1 is 1.30 bits per heavy atom. The summed E-state index contributed by atoms with van der Waals surface area (Å²) in [5.74, 6) is 1.01. The zero-order valence-corrected chi connectivity index (χ0v) is 13.1. The van der Waals surface area contributed by atoms with E-state index >= 15 is 0 Å². The highest BCUT2D eigenvalue weighted by molar-refractivity contribution is 5.35. The van der Waals surface area contributed by atoms with Gasteiger partial charge in [-0.05, 0) is 32.0 Å². The van der Waals surface area contributed by atoms with E-state index in [1.165, 1.54) is 12.1 Å². The number of anilines is 1. The molecule has 4 nitrogen and oxygen atoms in total. The molecule has 0 amide bonds. The number of hydrogen-bond donors (Lipinski definition) is 1. The van der Waals surface area contributed by atoms with E-state index in [1.54, 1.807) is 0 Å². The van der Waals surface area contributed by atoms with Crippen LogP contribution in [0.2, 0.25) is 0 Å². The van der Waals surface area contributed by atoms with Gasteiger partial charge >= 0.3 is 0 Å². The Morgan fingerprint density at radius 3 is 2.90 bits per heavy atom. The number of pyridine rings is 1. The maximum atomic E-state index is 4.71. The third-order valence-electron chi connectivity index (χ3n) is 4.08. The lowest BCUT2D eigenvalue weighted by Crippen LogP contribution is -2.50. The first-order chi connectivity index (χ1) is 9.72. The number of piperazine rings is 1. The first-order valence-corrected chi connectivity index (χ1v) is 7.85. The molecule has 112 valence electrons. The molecule has 0 radical (unpaired) electrons. The molecule has 0 aromatic carbocycles. The summed E-state index contributed by atoms with van der Waals surface area (Å²) in [7, 11) is 2.24. The topological polar surface area (TPSA) is 31.4 Å². The number of hydrogen-bond acceptors (Lipinski definition) is 4. The van der Waals surface area contributed by atoms with Crippen LogP contribution < -0.4 is 5.32 Å². The van der Waals surface area contributed by atoms with Gasteiger partial charge in [-0.25, -0.2) is 4.98 Å². The van der Waals surface area contributed by atoms with Crippen LogP contribution in [0.5, 0.6) is 0 Å². The molecule has 1 unspecified atom stereocenters. The van der Waals surface area contributed by atoms with Crippen molar-refractivity contribution in [1.29, 1.82) is 0 Å². The third-order valence-corrected chi connectivity index (χ3v) is 4.08. The van der Waals surface area contributed by atoms with Gasteiger partial charge in [-0.3, -0.25) is 4.90 Å². The van der Waals surface area contributed by atoms with Crippen LogP contribution in [0.15, 0.2) is 18.2 Å². The Balaban J connectivity index is 1.92. The molecule has 1 aliphatic heterocycles. The monoisotopic (exact) mass is 276 g/mol. The zero-order valence-electron chi connectivity index (χ0n) is 13.1. The summed E-state index contributed by atoms with van der Waals surface area (Å²) in [5.41, 5.74) is 1.17. The van der Waals surface area contributed by atoms with Crippen LogP contribution in [0.1, 0.15) is 32.4 Å². The highest BCUT2D eigenvalue weighted by Crippen LogP contribution is 2.14. The fraction of sp³-hybridized carbons (Fsp3) is 0.688. The Hall–Kier alpha value is -1.13. The summed E-state index contributed by atoms with van der Waals surface area (Å²) < 4.78 is 0. The average Bonchev–Trinajstić information content (AvgIpc) is 2.47. The lowest BCUT2D eigenvalue weighted by Gasteiger charge is -2.39. The van der Waals surface area contributed by atoms with Gasteiger partial charge in [-0.1, -0.05) is 19.9 Å². The molecule has 1 saturated heterocycles. The molecule has 1 aliphatic rings. The van der Waals surface area contributed by atoms with Gasteiger partial charge in [0.2, 0.25) is 0 Å². The van der Waals surface area contributed by atoms with Gasteiger partial charge < -0.3 is 10.2 Å². The second-order valence-corrected chi connectivity index (χ2v) is 5.72. The van der Waals surface area contributed by atoms with Crippen LogP contribution in [0.4, 0.5) is 5.82 Å². The molecule has 1 fully saturated rings. The minimum atomic E-state index is 0.685. The summed E-state index contributed by atoms with van der Waals surface area (Å²) >= 11 is 0. The predicted molar refractivity (Wildman–Crippen MR) is 85.0 cm³/mol. The Labute approximate surface area is 123 Å². The van der Waals surface area contributed by atoms with Crippen molar-refractivity contribution in [3.05, 3.63) is 23.9 Å². The van der Waals surface area contributed by atoms with Crippen molar-refractivity contribution >= 4 is 5.82 Å². The van der Waals surface area contributed by atoms with Gasteiger partial charge in [-0.15, -0.1) is 0 Å². The zero-order chi connectivity index (χ0) is 14.4. The normalized spacial score (nSPS) is 21.1. The van der Waals surface area contributed by atoms with Gasteiger partial charge in [0, 0.05) is 38.8 Å². The fourth-order valence-corrected chi connectivity index (χ4v) is 2.74. The van der Waals surface area contributed by atoms with E-state index in [2.05, 4.69) is 54.2 Å². The maximum absolute atomic E-state index is 4.71. The van der Waals surface area contributed by atoms with E-state index in [4.69, 9.17) is 4.98 Å². The van der Waals surface area contributed by atoms with Crippen molar-refractivity contribution in [2.45, 2.75) is 39.3 Å². The minimum absolute atomic E-state index is 0.685. The second-order valence-electron chi connectivity index (χ2n) is 5.72. The summed E-state index contributed by atoms with van der Waals surface area (Å²) in [4.78, 5) is 9.71. The second kappa shape index (κ2) is 7.60. The molecular formula is C16H28N4. The predicted octanol–water partition coefficient (Wildman–Crippen LogP) is 2.43. The van der Waals surface area contributed by atoms with Crippen molar-refractivity contribution in [1.82, 2.24) is 14.8 Å². The van der Waals surface area contributed by atoms with Crippen LogP contribution >= 0.6 is 0 Å². The molecule has 1 aromatic heterocycles. The Morgan fingerprint density at radius 2 is 2.15 bits per heavy atom. The number of likely N-dealkylation sites (N-methyl/N-ethyl adjacent to an activating group) is 1. The molecule has 0 saturated carbocycles. The van der Waals surface area contributed by atoms with Crippen molar-refractivity contribution < 1.29 is 0 Å². The largest absolute Gasteiger partial charge is 0.370 e. The van der Waals surface area contributed by atoms with E-state index in [9.17, 15) is 0 Å². The molecule has 2 heterocycles. The Bertz CT molecular complexity index is 407.